The molecule has 1 atom stereocenters. The highest BCUT2D eigenvalue weighted by atomic mass is 35.5. The summed E-state index contributed by atoms with van der Waals surface area (Å²) in [6.07, 6.45) is -0.839. The van der Waals surface area contributed by atoms with Crippen LogP contribution in [0.3, 0.4) is 0 Å². The Morgan fingerprint density at radius 2 is 2.27 bits per heavy atom. The molecule has 2 aromatic rings. The zero-order valence-electron chi connectivity index (χ0n) is 7.90. The Kier molecular flexibility index (Phi) is 2.73. The first-order valence-electron chi connectivity index (χ1n) is 4.37. The molecule has 2 rings (SSSR count). The lowest BCUT2D eigenvalue weighted by Gasteiger charge is -2.02. The normalized spacial score (nSPS) is 13.0. The summed E-state index contributed by atoms with van der Waals surface area (Å²) in [7, 11) is 0. The van der Waals surface area contributed by atoms with Crippen LogP contribution in [0.2, 0.25) is 5.02 Å². The van der Waals surface area contributed by atoms with E-state index in [9.17, 15) is 9.90 Å². The molecule has 0 aliphatic heterocycles. The van der Waals surface area contributed by atoms with Crippen molar-refractivity contribution >= 4 is 33.2 Å². The molecule has 3 nitrogen and oxygen atoms in total. The highest BCUT2D eigenvalue weighted by molar-refractivity contribution is 7.12. The van der Waals surface area contributed by atoms with Crippen molar-refractivity contribution in [3.05, 3.63) is 39.1 Å². The molecule has 1 heterocycles. The first kappa shape index (κ1) is 10.5. The Morgan fingerprint density at radius 1 is 1.53 bits per heavy atom. The molecule has 1 unspecified atom stereocenters. The molecule has 5 heteroatoms. The van der Waals surface area contributed by atoms with Gasteiger partial charge in [0.25, 0.3) is 0 Å². The molecule has 15 heavy (non-hydrogen) atoms. The maximum atomic E-state index is 11.8. The standard InChI is InChI=1S/C10H8ClNO2S/c1-5(13)9-10(14)7-3-2-6(11)4-8(7)15-12-9/h2-5,13H,1H3. The summed E-state index contributed by atoms with van der Waals surface area (Å²) < 4.78 is 4.70. The van der Waals surface area contributed by atoms with Crippen molar-refractivity contribution < 1.29 is 5.11 Å². The van der Waals surface area contributed by atoms with E-state index >= 15 is 0 Å². The maximum Gasteiger partial charge on any atom is 0.212 e. The minimum atomic E-state index is -0.839. The van der Waals surface area contributed by atoms with Crippen LogP contribution >= 0.6 is 23.1 Å². The van der Waals surface area contributed by atoms with Crippen LogP contribution in [0.1, 0.15) is 18.7 Å². The van der Waals surface area contributed by atoms with Crippen molar-refractivity contribution in [1.29, 1.82) is 0 Å². The zero-order valence-corrected chi connectivity index (χ0v) is 9.47. The zero-order chi connectivity index (χ0) is 11.0. The maximum absolute atomic E-state index is 11.8. The van der Waals surface area contributed by atoms with Gasteiger partial charge < -0.3 is 5.11 Å². The van der Waals surface area contributed by atoms with E-state index in [4.69, 9.17) is 11.6 Å². The number of aliphatic hydroxyl groups excluding tert-OH is 1. The van der Waals surface area contributed by atoms with Crippen LogP contribution in [0.15, 0.2) is 23.0 Å². The van der Waals surface area contributed by atoms with Gasteiger partial charge in [-0.1, -0.05) is 11.6 Å². The molecular formula is C10H8ClNO2S. The molecule has 1 N–H and O–H groups in total. The molecule has 0 spiro atoms. The summed E-state index contributed by atoms with van der Waals surface area (Å²) in [4.78, 5) is 11.8. The molecule has 0 saturated heterocycles. The predicted octanol–water partition coefficient (Wildman–Crippen LogP) is 2.36. The molecule has 0 aliphatic rings. The highest BCUT2D eigenvalue weighted by Gasteiger charge is 2.11. The van der Waals surface area contributed by atoms with Crippen LogP contribution in [-0.2, 0) is 0 Å². The molecule has 0 radical (unpaired) electrons. The Hall–Kier alpha value is -0.970. The van der Waals surface area contributed by atoms with E-state index in [-0.39, 0.29) is 11.1 Å². The molecular weight excluding hydrogens is 234 g/mol. The second kappa shape index (κ2) is 3.89. The molecule has 0 amide bonds. The summed E-state index contributed by atoms with van der Waals surface area (Å²) in [6, 6.07) is 5.01. The van der Waals surface area contributed by atoms with Gasteiger partial charge in [0.1, 0.15) is 5.69 Å². The third kappa shape index (κ3) is 1.88. The average Bonchev–Trinajstić information content (AvgIpc) is 2.17. The Balaban J connectivity index is 2.80. The van der Waals surface area contributed by atoms with Crippen molar-refractivity contribution in [3.63, 3.8) is 0 Å². The van der Waals surface area contributed by atoms with E-state index in [2.05, 4.69) is 4.37 Å². The van der Waals surface area contributed by atoms with Gasteiger partial charge in [0, 0.05) is 10.4 Å². The third-order valence-electron chi connectivity index (χ3n) is 2.06. The largest absolute Gasteiger partial charge is 0.387 e. The van der Waals surface area contributed by atoms with Crippen molar-refractivity contribution in [2.24, 2.45) is 0 Å². The lowest BCUT2D eigenvalue weighted by atomic mass is 10.2. The van der Waals surface area contributed by atoms with Gasteiger partial charge in [-0.2, -0.15) is 4.37 Å². The number of aliphatic hydroxyl groups is 1. The van der Waals surface area contributed by atoms with Crippen molar-refractivity contribution in [1.82, 2.24) is 4.37 Å². The fourth-order valence-corrected chi connectivity index (χ4v) is 2.41. The second-order valence-corrected chi connectivity index (χ2v) is 4.45. The number of benzene rings is 1. The monoisotopic (exact) mass is 241 g/mol. The molecule has 0 saturated carbocycles. The minimum absolute atomic E-state index is 0.190. The van der Waals surface area contributed by atoms with E-state index in [1.807, 2.05) is 0 Å². The number of rotatable bonds is 1. The first-order valence-corrected chi connectivity index (χ1v) is 5.52. The Labute approximate surface area is 95.1 Å². The van der Waals surface area contributed by atoms with Crippen LogP contribution in [0.25, 0.3) is 10.1 Å². The summed E-state index contributed by atoms with van der Waals surface area (Å²) in [5.74, 6) is 0. The number of aromatic nitrogens is 1. The highest BCUT2D eigenvalue weighted by Crippen LogP contribution is 2.20. The van der Waals surface area contributed by atoms with Gasteiger partial charge in [-0.05, 0) is 36.7 Å². The smallest absolute Gasteiger partial charge is 0.212 e. The SMILES string of the molecule is CC(O)c1nsc2cc(Cl)ccc2c1=O. The van der Waals surface area contributed by atoms with Crippen LogP contribution in [-0.4, -0.2) is 9.48 Å². The van der Waals surface area contributed by atoms with Crippen LogP contribution in [0, 0.1) is 0 Å². The summed E-state index contributed by atoms with van der Waals surface area (Å²) >= 11 is 6.97. The second-order valence-electron chi connectivity index (χ2n) is 3.21. The van der Waals surface area contributed by atoms with Gasteiger partial charge >= 0.3 is 0 Å². The van der Waals surface area contributed by atoms with Crippen molar-refractivity contribution in [2.45, 2.75) is 13.0 Å². The van der Waals surface area contributed by atoms with Crippen molar-refractivity contribution in [3.8, 4) is 0 Å². The molecule has 78 valence electrons. The fourth-order valence-electron chi connectivity index (χ4n) is 1.30. The van der Waals surface area contributed by atoms with Gasteiger partial charge in [-0.3, -0.25) is 4.79 Å². The minimum Gasteiger partial charge on any atom is -0.387 e. The number of nitrogens with zero attached hydrogens (tertiary/aromatic N) is 1. The van der Waals surface area contributed by atoms with E-state index < -0.39 is 6.10 Å². The van der Waals surface area contributed by atoms with Crippen LogP contribution in [0.5, 0.6) is 0 Å². The van der Waals surface area contributed by atoms with Gasteiger partial charge in [-0.25, -0.2) is 0 Å². The van der Waals surface area contributed by atoms with Crippen LogP contribution < -0.4 is 5.43 Å². The summed E-state index contributed by atoms with van der Waals surface area (Å²) in [5, 5.41) is 10.5. The molecule has 1 aromatic carbocycles. The van der Waals surface area contributed by atoms with E-state index in [1.54, 1.807) is 18.2 Å². The van der Waals surface area contributed by atoms with Crippen molar-refractivity contribution in [2.75, 3.05) is 0 Å². The van der Waals surface area contributed by atoms with Gasteiger partial charge in [0.15, 0.2) is 0 Å². The van der Waals surface area contributed by atoms with Gasteiger partial charge in [0.05, 0.1) is 10.8 Å². The Morgan fingerprint density at radius 3 is 2.93 bits per heavy atom. The number of hydrogen-bond donors (Lipinski definition) is 1. The van der Waals surface area contributed by atoms with Gasteiger partial charge in [-0.15, -0.1) is 0 Å². The summed E-state index contributed by atoms with van der Waals surface area (Å²) in [5.41, 5.74) is -0.0368. The fraction of sp³-hybridized carbons (Fsp3) is 0.200. The third-order valence-corrected chi connectivity index (χ3v) is 3.12. The number of halogens is 1. The van der Waals surface area contributed by atoms with E-state index in [0.29, 0.717) is 10.4 Å². The first-order chi connectivity index (χ1) is 7.09. The number of hydrogen-bond acceptors (Lipinski definition) is 4. The molecule has 0 fully saturated rings. The van der Waals surface area contributed by atoms with Gasteiger partial charge in [0.2, 0.25) is 5.43 Å². The molecule has 0 bridgehead atoms. The molecule has 0 aliphatic carbocycles. The lowest BCUT2D eigenvalue weighted by Crippen LogP contribution is -2.12. The lowest BCUT2D eigenvalue weighted by molar-refractivity contribution is 0.194. The summed E-state index contributed by atoms with van der Waals surface area (Å²) in [6.45, 7) is 1.53. The van der Waals surface area contributed by atoms with E-state index in [0.717, 1.165) is 4.70 Å². The van der Waals surface area contributed by atoms with Crippen LogP contribution in [0.4, 0.5) is 0 Å². The Bertz CT molecular complexity index is 565. The van der Waals surface area contributed by atoms with E-state index in [1.165, 1.54) is 18.5 Å². The average molecular weight is 242 g/mol. The number of fused-ring (bicyclic) bond motifs is 1. The topological polar surface area (TPSA) is 50.2 Å². The quantitative estimate of drug-likeness (QED) is 0.834. The predicted molar refractivity (Wildman–Crippen MR) is 61.5 cm³/mol. The molecule has 1 aromatic heterocycles.